The van der Waals surface area contributed by atoms with Gasteiger partial charge in [-0.1, -0.05) is 25.8 Å². The van der Waals surface area contributed by atoms with Crippen LogP contribution in [0.5, 0.6) is 0 Å². The lowest BCUT2D eigenvalue weighted by Gasteiger charge is -2.46. The summed E-state index contributed by atoms with van der Waals surface area (Å²) in [6.45, 7) is 5.41. The predicted octanol–water partition coefficient (Wildman–Crippen LogP) is 2.83. The molecule has 2 atom stereocenters. The van der Waals surface area contributed by atoms with Crippen LogP contribution in [0.3, 0.4) is 0 Å². The average Bonchev–Trinajstić information content (AvgIpc) is 2.28. The first-order chi connectivity index (χ1) is 8.54. The van der Waals surface area contributed by atoms with Crippen molar-refractivity contribution in [2.45, 2.75) is 57.5 Å². The van der Waals surface area contributed by atoms with E-state index < -0.39 is 5.60 Å². The number of carbonyl (C=O) groups excluding carboxylic acids is 1. The van der Waals surface area contributed by atoms with Crippen molar-refractivity contribution in [3.05, 3.63) is 12.2 Å². The van der Waals surface area contributed by atoms with Gasteiger partial charge in [-0.05, 0) is 38.0 Å². The van der Waals surface area contributed by atoms with Gasteiger partial charge in [-0.3, -0.25) is 0 Å². The van der Waals surface area contributed by atoms with Gasteiger partial charge in [0.1, 0.15) is 5.60 Å². The Morgan fingerprint density at radius 3 is 2.50 bits per heavy atom. The third-order valence-corrected chi connectivity index (χ3v) is 4.44. The number of ether oxygens (including phenoxy) is 1. The van der Waals surface area contributed by atoms with Crippen LogP contribution in [0.15, 0.2) is 12.2 Å². The van der Waals surface area contributed by atoms with E-state index in [-0.39, 0.29) is 12.6 Å². The van der Waals surface area contributed by atoms with E-state index in [2.05, 4.69) is 6.58 Å². The molecular weight excluding hydrogens is 228 g/mol. The molecule has 2 rings (SSSR count). The van der Waals surface area contributed by atoms with Crippen LogP contribution in [0.25, 0.3) is 0 Å². The molecular formula is C15H24O3. The summed E-state index contributed by atoms with van der Waals surface area (Å²) in [4.78, 5) is 11.8. The Labute approximate surface area is 109 Å². The number of hydrogen-bond acceptors (Lipinski definition) is 3. The molecule has 3 nitrogen and oxygen atoms in total. The van der Waals surface area contributed by atoms with Gasteiger partial charge < -0.3 is 9.84 Å². The number of carbonyl (C=O) groups is 1. The Morgan fingerprint density at radius 1 is 1.39 bits per heavy atom. The van der Waals surface area contributed by atoms with Crippen LogP contribution in [-0.4, -0.2) is 23.3 Å². The zero-order valence-corrected chi connectivity index (χ0v) is 11.3. The zero-order chi connectivity index (χ0) is 13.2. The van der Waals surface area contributed by atoms with Crippen LogP contribution < -0.4 is 0 Å². The minimum absolute atomic E-state index is 0.0862. The van der Waals surface area contributed by atoms with Crippen molar-refractivity contribution in [3.63, 3.8) is 0 Å². The molecule has 0 spiro atoms. The van der Waals surface area contributed by atoms with E-state index >= 15 is 0 Å². The van der Waals surface area contributed by atoms with Crippen LogP contribution in [0, 0.1) is 11.8 Å². The van der Waals surface area contributed by atoms with Crippen LogP contribution in [0.4, 0.5) is 0 Å². The van der Waals surface area contributed by atoms with Crippen molar-refractivity contribution in [3.8, 4) is 0 Å². The van der Waals surface area contributed by atoms with Crippen molar-refractivity contribution in [2.75, 3.05) is 6.61 Å². The third-order valence-electron chi connectivity index (χ3n) is 4.44. The van der Waals surface area contributed by atoms with E-state index in [4.69, 9.17) is 4.74 Å². The Morgan fingerprint density at radius 2 is 2.00 bits per heavy atom. The molecule has 0 amide bonds. The topological polar surface area (TPSA) is 46.5 Å². The number of aliphatic hydroxyl groups is 1. The van der Waals surface area contributed by atoms with Gasteiger partial charge in [-0.15, -0.1) is 0 Å². The molecule has 1 N–H and O–H groups in total. The summed E-state index contributed by atoms with van der Waals surface area (Å²) in [7, 11) is 0. The van der Waals surface area contributed by atoms with Crippen molar-refractivity contribution in [1.29, 1.82) is 0 Å². The average molecular weight is 252 g/mol. The maximum absolute atomic E-state index is 11.8. The standard InChI is InChI=1S/C15H24O3/c1-11(2)14(17)18-15(6-7-16)9-12-4-3-5-13(8-12)10-15/h12-13,16H,1,3-10H2,2H3. The number of rotatable bonds is 4. The lowest BCUT2D eigenvalue weighted by molar-refractivity contribution is -0.166. The second-order valence-electron chi connectivity index (χ2n) is 6.13. The van der Waals surface area contributed by atoms with Gasteiger partial charge in [0.2, 0.25) is 0 Å². The number of esters is 1. The fourth-order valence-corrected chi connectivity index (χ4v) is 3.73. The molecule has 2 aliphatic carbocycles. The summed E-state index contributed by atoms with van der Waals surface area (Å²) in [5.74, 6) is 1.03. The molecule has 2 bridgehead atoms. The Hall–Kier alpha value is -0.830. The fourth-order valence-electron chi connectivity index (χ4n) is 3.73. The van der Waals surface area contributed by atoms with Crippen LogP contribution >= 0.6 is 0 Å². The summed E-state index contributed by atoms with van der Waals surface area (Å²) in [5, 5.41) is 9.28. The van der Waals surface area contributed by atoms with Gasteiger partial charge >= 0.3 is 5.97 Å². The fraction of sp³-hybridized carbons (Fsp3) is 0.800. The molecule has 0 aromatic heterocycles. The van der Waals surface area contributed by atoms with Crippen LogP contribution in [0.1, 0.15) is 51.9 Å². The first-order valence-electron chi connectivity index (χ1n) is 7.04. The predicted molar refractivity (Wildman–Crippen MR) is 70.0 cm³/mol. The van der Waals surface area contributed by atoms with Crippen molar-refractivity contribution in [1.82, 2.24) is 0 Å². The van der Waals surface area contributed by atoms with Gasteiger partial charge in [-0.25, -0.2) is 4.79 Å². The smallest absolute Gasteiger partial charge is 0.333 e. The molecule has 0 aromatic carbocycles. The molecule has 0 aliphatic heterocycles. The van der Waals surface area contributed by atoms with Gasteiger partial charge in [0, 0.05) is 18.6 Å². The van der Waals surface area contributed by atoms with E-state index in [1.54, 1.807) is 6.92 Å². The normalized spacial score (nSPS) is 35.0. The van der Waals surface area contributed by atoms with E-state index in [9.17, 15) is 9.90 Å². The molecule has 2 unspecified atom stereocenters. The number of hydrogen-bond donors (Lipinski definition) is 1. The molecule has 2 saturated carbocycles. The molecule has 18 heavy (non-hydrogen) atoms. The highest BCUT2D eigenvalue weighted by Gasteiger charge is 2.44. The zero-order valence-electron chi connectivity index (χ0n) is 11.3. The van der Waals surface area contributed by atoms with Crippen LogP contribution in [-0.2, 0) is 9.53 Å². The first-order valence-corrected chi connectivity index (χ1v) is 7.04. The summed E-state index contributed by atoms with van der Waals surface area (Å²) in [5.41, 5.74) is 0.0155. The lowest BCUT2D eigenvalue weighted by Crippen LogP contribution is -2.45. The molecule has 0 radical (unpaired) electrons. The number of aliphatic hydroxyl groups excluding tert-OH is 1. The molecule has 2 fully saturated rings. The second-order valence-corrected chi connectivity index (χ2v) is 6.13. The molecule has 0 heterocycles. The van der Waals surface area contributed by atoms with Crippen molar-refractivity contribution in [2.24, 2.45) is 11.8 Å². The van der Waals surface area contributed by atoms with Gasteiger partial charge in [0.25, 0.3) is 0 Å². The largest absolute Gasteiger partial charge is 0.456 e. The Balaban J connectivity index is 2.11. The SMILES string of the molecule is C=C(C)C(=O)OC1(CCO)CC2CCCC(C2)C1. The summed E-state index contributed by atoms with van der Waals surface area (Å²) in [6, 6.07) is 0. The Kier molecular flexibility index (Phi) is 4.10. The minimum atomic E-state index is -0.432. The van der Waals surface area contributed by atoms with E-state index in [0.29, 0.717) is 23.8 Å². The van der Waals surface area contributed by atoms with Gasteiger partial charge in [-0.2, -0.15) is 0 Å². The van der Waals surface area contributed by atoms with E-state index in [1.807, 2.05) is 0 Å². The van der Waals surface area contributed by atoms with Crippen molar-refractivity contribution >= 4 is 5.97 Å². The number of fused-ring (bicyclic) bond motifs is 2. The van der Waals surface area contributed by atoms with Crippen molar-refractivity contribution < 1.29 is 14.6 Å². The first kappa shape index (κ1) is 13.6. The maximum Gasteiger partial charge on any atom is 0.333 e. The monoisotopic (exact) mass is 252 g/mol. The Bertz CT molecular complexity index is 323. The maximum atomic E-state index is 11.8. The van der Waals surface area contributed by atoms with E-state index in [0.717, 1.165) is 12.8 Å². The summed E-state index contributed by atoms with van der Waals surface area (Å²) < 4.78 is 5.72. The molecule has 2 aliphatic rings. The van der Waals surface area contributed by atoms with Crippen LogP contribution in [0.2, 0.25) is 0 Å². The third kappa shape index (κ3) is 2.94. The van der Waals surface area contributed by atoms with Gasteiger partial charge in [0.15, 0.2) is 0 Å². The summed E-state index contributed by atoms with van der Waals surface area (Å²) in [6.07, 6.45) is 7.48. The quantitative estimate of drug-likeness (QED) is 0.618. The molecule has 3 heteroatoms. The highest BCUT2D eigenvalue weighted by molar-refractivity contribution is 5.87. The molecule has 0 aromatic rings. The van der Waals surface area contributed by atoms with Gasteiger partial charge in [0.05, 0.1) is 0 Å². The molecule has 0 saturated heterocycles. The highest BCUT2D eigenvalue weighted by Crippen LogP contribution is 2.47. The minimum Gasteiger partial charge on any atom is -0.456 e. The molecule has 102 valence electrons. The lowest BCUT2D eigenvalue weighted by atomic mass is 9.65. The highest BCUT2D eigenvalue weighted by atomic mass is 16.6. The summed E-state index contributed by atoms with van der Waals surface area (Å²) >= 11 is 0. The second kappa shape index (κ2) is 5.43. The van der Waals surface area contributed by atoms with E-state index in [1.165, 1.54) is 25.7 Å².